The van der Waals surface area contributed by atoms with Crippen molar-refractivity contribution in [3.63, 3.8) is 0 Å². The zero-order chi connectivity index (χ0) is 22.9. The molecule has 2 saturated carbocycles. The Balaban J connectivity index is 1.23. The lowest BCUT2D eigenvalue weighted by atomic mass is 9.68. The van der Waals surface area contributed by atoms with Crippen molar-refractivity contribution in [2.45, 2.75) is 103 Å². The van der Waals surface area contributed by atoms with Crippen molar-refractivity contribution >= 4 is 15.9 Å². The van der Waals surface area contributed by atoms with Gasteiger partial charge in [0.05, 0.1) is 0 Å². The standard InChI is InChI=1S/C32H45Br/c1-2-3-4-6-25-8-12-27(13-9-25)29-16-20-31(21-17-29)32-22-18-30(19-23-32)28-14-10-26(11-15-28)7-5-24-33/h10-11,14-15,18-19,22-23,25,27,29,31H,2-9,12-13,16-17,20-21,24H2,1H3. The Bertz CT molecular complexity index is 789. The summed E-state index contributed by atoms with van der Waals surface area (Å²) in [5.74, 6) is 3.88. The summed E-state index contributed by atoms with van der Waals surface area (Å²) in [5.41, 5.74) is 5.72. The summed E-state index contributed by atoms with van der Waals surface area (Å²) in [5, 5.41) is 1.08. The van der Waals surface area contributed by atoms with Gasteiger partial charge in [-0.1, -0.05) is 110 Å². The molecule has 2 aromatic carbocycles. The van der Waals surface area contributed by atoms with E-state index < -0.39 is 0 Å². The molecule has 0 amide bonds. The molecule has 2 aromatic rings. The van der Waals surface area contributed by atoms with E-state index in [1.807, 2.05) is 0 Å². The van der Waals surface area contributed by atoms with Crippen molar-refractivity contribution in [3.05, 3.63) is 59.7 Å². The maximum absolute atomic E-state index is 3.53. The second kappa shape index (κ2) is 13.1. The van der Waals surface area contributed by atoms with Gasteiger partial charge in [-0.05, 0) is 97.3 Å². The lowest BCUT2D eigenvalue weighted by molar-refractivity contribution is 0.155. The Kier molecular flexibility index (Phi) is 9.95. The van der Waals surface area contributed by atoms with E-state index in [1.165, 1.54) is 100 Å². The van der Waals surface area contributed by atoms with Crippen molar-refractivity contribution in [3.8, 4) is 11.1 Å². The van der Waals surface area contributed by atoms with Crippen LogP contribution in [0.15, 0.2) is 48.5 Å². The lowest BCUT2D eigenvalue weighted by Crippen LogP contribution is -2.25. The molecule has 4 rings (SSSR count). The van der Waals surface area contributed by atoms with E-state index in [1.54, 1.807) is 5.56 Å². The van der Waals surface area contributed by atoms with Crippen LogP contribution in [0.2, 0.25) is 0 Å². The second-order valence-electron chi connectivity index (χ2n) is 11.0. The third kappa shape index (κ3) is 7.20. The highest BCUT2D eigenvalue weighted by molar-refractivity contribution is 9.09. The minimum Gasteiger partial charge on any atom is -0.0928 e. The molecule has 0 radical (unpaired) electrons. The summed E-state index contributed by atoms with van der Waals surface area (Å²) < 4.78 is 0. The first-order valence-corrected chi connectivity index (χ1v) is 15.1. The molecule has 2 aliphatic rings. The highest BCUT2D eigenvalue weighted by atomic mass is 79.9. The van der Waals surface area contributed by atoms with Gasteiger partial charge in [-0.25, -0.2) is 0 Å². The number of hydrogen-bond donors (Lipinski definition) is 0. The van der Waals surface area contributed by atoms with Gasteiger partial charge in [0.15, 0.2) is 0 Å². The molecule has 180 valence electrons. The summed E-state index contributed by atoms with van der Waals surface area (Å²) in [4.78, 5) is 0. The molecular weight excluding hydrogens is 464 g/mol. The molecule has 0 aromatic heterocycles. The Hall–Kier alpha value is -1.08. The Morgan fingerprint density at radius 2 is 1.24 bits per heavy atom. The normalized spacial score (nSPS) is 25.8. The fourth-order valence-corrected chi connectivity index (χ4v) is 6.92. The number of alkyl halides is 1. The molecule has 0 unspecified atom stereocenters. The molecule has 0 aliphatic heterocycles. The smallest absolute Gasteiger partial charge is 0.00344 e. The van der Waals surface area contributed by atoms with E-state index >= 15 is 0 Å². The van der Waals surface area contributed by atoms with Gasteiger partial charge in [0.1, 0.15) is 0 Å². The van der Waals surface area contributed by atoms with Crippen molar-refractivity contribution in [2.75, 3.05) is 5.33 Å². The maximum Gasteiger partial charge on any atom is 0.00344 e. The monoisotopic (exact) mass is 508 g/mol. The third-order valence-electron chi connectivity index (χ3n) is 8.81. The number of rotatable bonds is 10. The average Bonchev–Trinajstić information content (AvgIpc) is 2.89. The van der Waals surface area contributed by atoms with Gasteiger partial charge in [0.2, 0.25) is 0 Å². The number of benzene rings is 2. The molecule has 0 saturated heterocycles. The topological polar surface area (TPSA) is 0 Å². The number of halogens is 1. The van der Waals surface area contributed by atoms with Crippen LogP contribution in [-0.4, -0.2) is 5.33 Å². The van der Waals surface area contributed by atoms with Crippen LogP contribution in [-0.2, 0) is 6.42 Å². The highest BCUT2D eigenvalue weighted by Crippen LogP contribution is 2.44. The summed E-state index contributed by atoms with van der Waals surface area (Å²) >= 11 is 3.53. The minimum atomic E-state index is 0.785. The molecule has 0 spiro atoms. The molecule has 0 heterocycles. The minimum absolute atomic E-state index is 0.785. The number of aryl methyl sites for hydroxylation is 1. The molecule has 0 bridgehead atoms. The first-order chi connectivity index (χ1) is 16.3. The zero-order valence-electron chi connectivity index (χ0n) is 20.9. The van der Waals surface area contributed by atoms with Crippen LogP contribution in [0.3, 0.4) is 0 Å². The van der Waals surface area contributed by atoms with Gasteiger partial charge in [0, 0.05) is 5.33 Å². The fourth-order valence-electron chi connectivity index (χ4n) is 6.64. The quantitative estimate of drug-likeness (QED) is 0.221. The number of unbranched alkanes of at least 4 members (excludes halogenated alkanes) is 2. The van der Waals surface area contributed by atoms with E-state index in [9.17, 15) is 0 Å². The van der Waals surface area contributed by atoms with Crippen LogP contribution in [0.1, 0.15) is 107 Å². The van der Waals surface area contributed by atoms with Crippen LogP contribution in [0, 0.1) is 17.8 Å². The maximum atomic E-state index is 3.53. The van der Waals surface area contributed by atoms with E-state index in [-0.39, 0.29) is 0 Å². The first kappa shape index (κ1) is 25.0. The summed E-state index contributed by atoms with van der Waals surface area (Å²) in [6.07, 6.45) is 20.0. The van der Waals surface area contributed by atoms with Crippen molar-refractivity contribution in [1.82, 2.24) is 0 Å². The second-order valence-corrected chi connectivity index (χ2v) is 11.8. The molecule has 0 nitrogen and oxygen atoms in total. The molecule has 0 N–H and O–H groups in total. The van der Waals surface area contributed by atoms with E-state index in [2.05, 4.69) is 71.4 Å². The van der Waals surface area contributed by atoms with E-state index in [4.69, 9.17) is 0 Å². The largest absolute Gasteiger partial charge is 0.0928 e. The van der Waals surface area contributed by atoms with Gasteiger partial charge in [-0.15, -0.1) is 0 Å². The summed E-state index contributed by atoms with van der Waals surface area (Å²) in [6, 6.07) is 18.7. The van der Waals surface area contributed by atoms with Gasteiger partial charge >= 0.3 is 0 Å². The number of hydrogen-bond acceptors (Lipinski definition) is 0. The molecule has 2 aliphatic carbocycles. The summed E-state index contributed by atoms with van der Waals surface area (Å²) in [6.45, 7) is 2.33. The van der Waals surface area contributed by atoms with Crippen molar-refractivity contribution in [1.29, 1.82) is 0 Å². The van der Waals surface area contributed by atoms with Gasteiger partial charge in [-0.3, -0.25) is 0 Å². The van der Waals surface area contributed by atoms with Crippen molar-refractivity contribution in [2.24, 2.45) is 17.8 Å². The molecular formula is C32H45Br. The van der Waals surface area contributed by atoms with Gasteiger partial charge < -0.3 is 0 Å². The Morgan fingerprint density at radius 1 is 0.667 bits per heavy atom. The Labute approximate surface area is 212 Å². The molecule has 33 heavy (non-hydrogen) atoms. The van der Waals surface area contributed by atoms with Crippen LogP contribution in [0.4, 0.5) is 0 Å². The first-order valence-electron chi connectivity index (χ1n) is 14.0. The van der Waals surface area contributed by atoms with E-state index in [0.29, 0.717) is 0 Å². The van der Waals surface area contributed by atoms with Crippen molar-refractivity contribution < 1.29 is 0 Å². The van der Waals surface area contributed by atoms with Gasteiger partial charge in [0.25, 0.3) is 0 Å². The highest BCUT2D eigenvalue weighted by Gasteiger charge is 2.31. The van der Waals surface area contributed by atoms with Crippen LogP contribution >= 0.6 is 15.9 Å². The van der Waals surface area contributed by atoms with Crippen LogP contribution in [0.5, 0.6) is 0 Å². The molecule has 1 heteroatoms. The molecule has 2 fully saturated rings. The lowest BCUT2D eigenvalue weighted by Gasteiger charge is -2.38. The molecule has 0 atom stereocenters. The predicted octanol–water partition coefficient (Wildman–Crippen LogP) is 10.3. The van der Waals surface area contributed by atoms with Crippen LogP contribution < -0.4 is 0 Å². The van der Waals surface area contributed by atoms with E-state index in [0.717, 1.165) is 35.4 Å². The average molecular weight is 510 g/mol. The summed E-state index contributed by atoms with van der Waals surface area (Å²) in [7, 11) is 0. The van der Waals surface area contributed by atoms with Gasteiger partial charge in [-0.2, -0.15) is 0 Å². The predicted molar refractivity (Wildman–Crippen MR) is 148 cm³/mol. The fraction of sp³-hybridized carbons (Fsp3) is 0.625. The van der Waals surface area contributed by atoms with Crippen LogP contribution in [0.25, 0.3) is 11.1 Å². The zero-order valence-corrected chi connectivity index (χ0v) is 22.5. The third-order valence-corrected chi connectivity index (χ3v) is 9.38. The SMILES string of the molecule is CCCCCC1CCC(C2CCC(c3ccc(-c4ccc(CCCBr)cc4)cc3)CC2)CC1. The Morgan fingerprint density at radius 3 is 1.82 bits per heavy atom.